The minimum Gasteiger partial charge on any atom is -0.385 e. The number of carbonyl (C=O) groups excluding carboxylic acids is 1. The van der Waals surface area contributed by atoms with Crippen LogP contribution in [0, 0.1) is 0 Å². The van der Waals surface area contributed by atoms with Gasteiger partial charge in [0, 0.05) is 29.1 Å². The first kappa shape index (κ1) is 12.8. The standard InChI is InChI=1S/C16H17N3OS/c20-15(19-16-18-14(9-21-16)10-3-4-10)12-5-6-13-11(8-12)2-1-7-17-13/h5-6,8-10,17H,1-4,7H2,(H,18,19,20). The first-order chi connectivity index (χ1) is 10.3. The molecule has 2 aliphatic rings. The van der Waals surface area contributed by atoms with E-state index in [2.05, 4.69) is 21.0 Å². The summed E-state index contributed by atoms with van der Waals surface area (Å²) in [5, 5.41) is 9.04. The van der Waals surface area contributed by atoms with Crippen LogP contribution in [0.5, 0.6) is 0 Å². The number of nitrogens with one attached hydrogen (secondary N) is 2. The van der Waals surface area contributed by atoms with E-state index in [4.69, 9.17) is 0 Å². The first-order valence-electron chi connectivity index (χ1n) is 7.43. The number of carbonyl (C=O) groups is 1. The number of anilines is 2. The summed E-state index contributed by atoms with van der Waals surface area (Å²) in [6, 6.07) is 5.87. The summed E-state index contributed by atoms with van der Waals surface area (Å²) in [4.78, 5) is 16.8. The van der Waals surface area contributed by atoms with Crippen molar-refractivity contribution in [2.75, 3.05) is 17.2 Å². The minimum absolute atomic E-state index is 0.0694. The van der Waals surface area contributed by atoms with E-state index in [1.165, 1.54) is 29.7 Å². The van der Waals surface area contributed by atoms with Gasteiger partial charge in [-0.05, 0) is 49.4 Å². The second-order valence-electron chi connectivity index (χ2n) is 5.71. The topological polar surface area (TPSA) is 54.0 Å². The average molecular weight is 299 g/mol. The van der Waals surface area contributed by atoms with Gasteiger partial charge in [-0.3, -0.25) is 10.1 Å². The number of aromatic nitrogens is 1. The van der Waals surface area contributed by atoms with Crippen LogP contribution in [0.3, 0.4) is 0 Å². The molecule has 0 atom stereocenters. The van der Waals surface area contributed by atoms with E-state index in [1.54, 1.807) is 0 Å². The number of thiazole rings is 1. The van der Waals surface area contributed by atoms with Crippen LogP contribution in [0.4, 0.5) is 10.8 Å². The van der Waals surface area contributed by atoms with Gasteiger partial charge in [-0.15, -0.1) is 11.3 Å². The maximum atomic E-state index is 12.3. The monoisotopic (exact) mass is 299 g/mol. The van der Waals surface area contributed by atoms with Crippen LogP contribution in [0.2, 0.25) is 0 Å². The van der Waals surface area contributed by atoms with Gasteiger partial charge in [-0.25, -0.2) is 4.98 Å². The number of hydrogen-bond donors (Lipinski definition) is 2. The van der Waals surface area contributed by atoms with Crippen LogP contribution in [0.15, 0.2) is 23.6 Å². The summed E-state index contributed by atoms with van der Waals surface area (Å²) in [6.45, 7) is 1.02. The average Bonchev–Trinajstić information content (AvgIpc) is 3.27. The Balaban J connectivity index is 1.50. The molecule has 2 aromatic rings. The van der Waals surface area contributed by atoms with Gasteiger partial charge in [-0.1, -0.05) is 0 Å². The van der Waals surface area contributed by atoms with Crippen molar-refractivity contribution in [3.05, 3.63) is 40.4 Å². The summed E-state index contributed by atoms with van der Waals surface area (Å²) in [5.74, 6) is 0.557. The third-order valence-corrected chi connectivity index (χ3v) is 4.82. The van der Waals surface area contributed by atoms with E-state index in [0.717, 1.165) is 30.8 Å². The van der Waals surface area contributed by atoms with Crippen molar-refractivity contribution in [1.29, 1.82) is 0 Å². The number of benzene rings is 1. The highest BCUT2D eigenvalue weighted by Crippen LogP contribution is 2.40. The van der Waals surface area contributed by atoms with Crippen LogP contribution in [0.25, 0.3) is 0 Å². The minimum atomic E-state index is -0.0694. The molecule has 0 bridgehead atoms. The molecular formula is C16H17N3OS. The third kappa shape index (κ3) is 2.65. The highest BCUT2D eigenvalue weighted by atomic mass is 32.1. The SMILES string of the molecule is O=C(Nc1nc(C2CC2)cs1)c1ccc2c(c1)CCCN2. The fourth-order valence-corrected chi connectivity index (χ4v) is 3.48. The molecule has 1 fully saturated rings. The Kier molecular flexibility index (Phi) is 3.15. The van der Waals surface area contributed by atoms with Crippen LogP contribution in [-0.4, -0.2) is 17.4 Å². The van der Waals surface area contributed by atoms with Crippen molar-refractivity contribution >= 4 is 28.1 Å². The zero-order valence-corrected chi connectivity index (χ0v) is 12.5. The number of aryl methyl sites for hydroxylation is 1. The maximum absolute atomic E-state index is 12.3. The molecule has 1 aliphatic heterocycles. The highest BCUT2D eigenvalue weighted by Gasteiger charge is 2.26. The molecule has 1 saturated carbocycles. The van der Waals surface area contributed by atoms with E-state index in [-0.39, 0.29) is 5.91 Å². The van der Waals surface area contributed by atoms with Crippen molar-refractivity contribution in [2.24, 2.45) is 0 Å². The van der Waals surface area contributed by atoms with Gasteiger partial charge in [0.2, 0.25) is 0 Å². The number of fused-ring (bicyclic) bond motifs is 1. The van der Waals surface area contributed by atoms with Crippen LogP contribution >= 0.6 is 11.3 Å². The lowest BCUT2D eigenvalue weighted by Gasteiger charge is -2.18. The van der Waals surface area contributed by atoms with Gasteiger partial charge in [0.05, 0.1) is 5.69 Å². The Hall–Kier alpha value is -1.88. The predicted octanol–water partition coefficient (Wildman–Crippen LogP) is 3.63. The molecule has 1 amide bonds. The normalized spacial score (nSPS) is 17.0. The summed E-state index contributed by atoms with van der Waals surface area (Å²) >= 11 is 1.51. The second-order valence-corrected chi connectivity index (χ2v) is 6.57. The Labute approximate surface area is 127 Å². The van der Waals surface area contributed by atoms with Crippen molar-refractivity contribution in [3.63, 3.8) is 0 Å². The Morgan fingerprint density at radius 2 is 2.29 bits per heavy atom. The van der Waals surface area contributed by atoms with E-state index >= 15 is 0 Å². The maximum Gasteiger partial charge on any atom is 0.257 e. The van der Waals surface area contributed by atoms with Crippen molar-refractivity contribution in [1.82, 2.24) is 4.98 Å². The van der Waals surface area contributed by atoms with Crippen LogP contribution in [-0.2, 0) is 6.42 Å². The fraction of sp³-hybridized carbons (Fsp3) is 0.375. The molecule has 1 aliphatic carbocycles. The quantitative estimate of drug-likeness (QED) is 0.910. The van der Waals surface area contributed by atoms with Crippen LogP contribution in [0.1, 0.15) is 46.8 Å². The Morgan fingerprint density at radius 3 is 3.14 bits per heavy atom. The van der Waals surface area contributed by atoms with Crippen molar-refractivity contribution in [3.8, 4) is 0 Å². The molecule has 1 aromatic carbocycles. The zero-order chi connectivity index (χ0) is 14.2. The summed E-state index contributed by atoms with van der Waals surface area (Å²) < 4.78 is 0. The number of amides is 1. The molecule has 0 radical (unpaired) electrons. The fourth-order valence-electron chi connectivity index (χ4n) is 2.70. The molecule has 0 saturated heterocycles. The molecule has 0 spiro atoms. The molecule has 108 valence electrons. The van der Waals surface area contributed by atoms with Gasteiger partial charge in [-0.2, -0.15) is 0 Å². The van der Waals surface area contributed by atoms with Gasteiger partial charge < -0.3 is 5.32 Å². The summed E-state index contributed by atoms with van der Waals surface area (Å²) in [5.41, 5.74) is 4.22. The lowest BCUT2D eigenvalue weighted by molar-refractivity contribution is 0.102. The van der Waals surface area contributed by atoms with E-state index in [9.17, 15) is 4.79 Å². The van der Waals surface area contributed by atoms with Gasteiger partial charge >= 0.3 is 0 Å². The summed E-state index contributed by atoms with van der Waals surface area (Å²) in [6.07, 6.45) is 4.62. The lowest BCUT2D eigenvalue weighted by Crippen LogP contribution is -2.15. The van der Waals surface area contributed by atoms with E-state index in [1.807, 2.05) is 18.2 Å². The smallest absolute Gasteiger partial charge is 0.257 e. The van der Waals surface area contributed by atoms with Gasteiger partial charge in [0.25, 0.3) is 5.91 Å². The number of hydrogen-bond acceptors (Lipinski definition) is 4. The third-order valence-electron chi connectivity index (χ3n) is 4.04. The Bertz CT molecular complexity index is 691. The largest absolute Gasteiger partial charge is 0.385 e. The molecule has 2 heterocycles. The lowest BCUT2D eigenvalue weighted by atomic mass is 10.0. The molecule has 5 heteroatoms. The second kappa shape index (κ2) is 5.15. The Morgan fingerprint density at radius 1 is 1.38 bits per heavy atom. The van der Waals surface area contributed by atoms with Crippen molar-refractivity contribution in [2.45, 2.75) is 31.6 Å². The number of rotatable bonds is 3. The van der Waals surface area contributed by atoms with Crippen molar-refractivity contribution < 1.29 is 4.79 Å². The predicted molar refractivity (Wildman–Crippen MR) is 85.3 cm³/mol. The molecule has 4 rings (SSSR count). The van der Waals surface area contributed by atoms with Crippen LogP contribution < -0.4 is 10.6 Å². The van der Waals surface area contributed by atoms with E-state index in [0.29, 0.717) is 16.6 Å². The number of nitrogens with zero attached hydrogens (tertiary/aromatic N) is 1. The van der Waals surface area contributed by atoms with Gasteiger partial charge in [0.1, 0.15) is 0 Å². The zero-order valence-electron chi connectivity index (χ0n) is 11.7. The molecule has 4 nitrogen and oxygen atoms in total. The molecule has 2 N–H and O–H groups in total. The molecular weight excluding hydrogens is 282 g/mol. The molecule has 1 aromatic heterocycles. The highest BCUT2D eigenvalue weighted by molar-refractivity contribution is 7.14. The summed E-state index contributed by atoms with van der Waals surface area (Å²) in [7, 11) is 0. The molecule has 21 heavy (non-hydrogen) atoms. The first-order valence-corrected chi connectivity index (χ1v) is 8.31. The van der Waals surface area contributed by atoms with E-state index < -0.39 is 0 Å². The molecule has 0 unspecified atom stereocenters. The van der Waals surface area contributed by atoms with Gasteiger partial charge in [0.15, 0.2) is 5.13 Å².